The molecule has 6 heteroatoms. The molecule has 2 unspecified atom stereocenters. The summed E-state index contributed by atoms with van der Waals surface area (Å²) in [4.78, 5) is 17.2. The number of hydrogen-bond acceptors (Lipinski definition) is 4. The Bertz CT molecular complexity index is 1480. The zero-order valence-electron chi connectivity index (χ0n) is 21.5. The van der Waals surface area contributed by atoms with Crippen LogP contribution in [0.2, 0.25) is 0 Å². The number of rotatable bonds is 8. The second kappa shape index (κ2) is 9.58. The van der Waals surface area contributed by atoms with E-state index in [1.165, 1.54) is 28.3 Å². The van der Waals surface area contributed by atoms with Crippen molar-refractivity contribution in [2.24, 2.45) is 5.92 Å². The van der Waals surface area contributed by atoms with E-state index in [1.54, 1.807) is 6.20 Å². The van der Waals surface area contributed by atoms with Crippen molar-refractivity contribution in [2.45, 2.75) is 64.6 Å². The summed E-state index contributed by atoms with van der Waals surface area (Å²) in [7, 11) is 0. The maximum atomic E-state index is 12.6. The lowest BCUT2D eigenvalue weighted by Crippen LogP contribution is -2.49. The first-order valence-electron chi connectivity index (χ1n) is 13.6. The Morgan fingerprint density at radius 1 is 0.973 bits per heavy atom. The second-order valence-electron chi connectivity index (χ2n) is 10.3. The van der Waals surface area contributed by atoms with Crippen molar-refractivity contribution >= 4 is 0 Å². The van der Waals surface area contributed by atoms with Crippen LogP contribution in [0.3, 0.4) is 0 Å². The average molecular weight is 495 g/mol. The molecule has 190 valence electrons. The molecule has 1 aliphatic carbocycles. The summed E-state index contributed by atoms with van der Waals surface area (Å²) < 4.78 is 4.18. The Labute approximate surface area is 217 Å². The number of hydrogen-bond donors (Lipinski definition) is 1. The van der Waals surface area contributed by atoms with E-state index in [0.717, 1.165) is 38.5 Å². The Kier molecular flexibility index (Phi) is 6.11. The SMILES string of the molecule is CCCCc1ccccc1C(c1ccccc1CC)N1C(C2CC2)n2ccnc2-c2c(O)c(=O)ccn21. The van der Waals surface area contributed by atoms with Crippen molar-refractivity contribution in [1.82, 2.24) is 14.2 Å². The van der Waals surface area contributed by atoms with Crippen molar-refractivity contribution in [3.8, 4) is 17.3 Å². The maximum absolute atomic E-state index is 12.6. The molecule has 0 bridgehead atoms. The number of aryl methyl sites for hydroxylation is 2. The van der Waals surface area contributed by atoms with E-state index in [0.29, 0.717) is 17.4 Å². The Balaban J connectivity index is 1.66. The van der Waals surface area contributed by atoms with Crippen LogP contribution in [0.5, 0.6) is 5.75 Å². The Hall–Kier alpha value is -3.80. The maximum Gasteiger partial charge on any atom is 0.224 e. The number of benzene rings is 2. The highest BCUT2D eigenvalue weighted by molar-refractivity contribution is 5.63. The molecule has 0 spiro atoms. The van der Waals surface area contributed by atoms with Gasteiger partial charge in [-0.05, 0) is 60.3 Å². The van der Waals surface area contributed by atoms with Gasteiger partial charge in [0.15, 0.2) is 17.3 Å². The third kappa shape index (κ3) is 3.95. The molecular weight excluding hydrogens is 460 g/mol. The lowest BCUT2D eigenvalue weighted by Gasteiger charge is -2.47. The first-order valence-corrected chi connectivity index (χ1v) is 13.6. The van der Waals surface area contributed by atoms with Crippen molar-refractivity contribution in [1.29, 1.82) is 0 Å². The van der Waals surface area contributed by atoms with Crippen LogP contribution in [0, 0.1) is 5.92 Å². The molecule has 2 aromatic heterocycles. The number of aromatic nitrogens is 3. The highest BCUT2D eigenvalue weighted by atomic mass is 16.3. The van der Waals surface area contributed by atoms with Gasteiger partial charge in [0.2, 0.25) is 5.43 Å². The molecule has 2 aliphatic rings. The molecule has 2 aromatic carbocycles. The van der Waals surface area contributed by atoms with Crippen LogP contribution in [-0.4, -0.2) is 19.3 Å². The predicted octanol–water partition coefficient (Wildman–Crippen LogP) is 5.97. The minimum absolute atomic E-state index is 0.0149. The normalized spacial score (nSPS) is 17.4. The van der Waals surface area contributed by atoms with Gasteiger partial charge in [-0.15, -0.1) is 0 Å². The van der Waals surface area contributed by atoms with Gasteiger partial charge in [0.1, 0.15) is 6.17 Å². The number of pyridine rings is 1. The van der Waals surface area contributed by atoms with E-state index in [2.05, 4.69) is 76.9 Å². The molecule has 3 heterocycles. The zero-order chi connectivity index (χ0) is 25.5. The standard InChI is InChI=1S/C31H34N4O2/c1-3-5-10-22-12-7-9-14-25(22)27(24-13-8-6-11-21(24)4-2)35-31(23-15-16-23)33-20-18-32-30(33)28-29(37)26(36)17-19-34(28)35/h6-9,11-14,17-20,23,27,31,37H,3-5,10,15-16H2,1-2H3. The van der Waals surface area contributed by atoms with E-state index >= 15 is 0 Å². The summed E-state index contributed by atoms with van der Waals surface area (Å²) in [6.45, 7) is 4.44. The van der Waals surface area contributed by atoms with Gasteiger partial charge in [-0.25, -0.2) is 4.98 Å². The topological polar surface area (TPSA) is 63.3 Å². The van der Waals surface area contributed by atoms with Gasteiger partial charge < -0.3 is 9.67 Å². The van der Waals surface area contributed by atoms with E-state index in [-0.39, 0.29) is 23.4 Å². The van der Waals surface area contributed by atoms with Gasteiger partial charge in [-0.2, -0.15) is 0 Å². The lowest BCUT2D eigenvalue weighted by atomic mass is 9.88. The molecule has 1 saturated carbocycles. The van der Waals surface area contributed by atoms with Crippen LogP contribution in [0.25, 0.3) is 11.5 Å². The first kappa shape index (κ1) is 23.6. The van der Waals surface area contributed by atoms with Crippen molar-refractivity contribution in [3.05, 3.63) is 106 Å². The quantitative estimate of drug-likeness (QED) is 0.328. The Morgan fingerprint density at radius 3 is 2.38 bits per heavy atom. The predicted molar refractivity (Wildman–Crippen MR) is 146 cm³/mol. The third-order valence-electron chi connectivity index (χ3n) is 7.93. The van der Waals surface area contributed by atoms with Gasteiger partial charge in [0.05, 0.1) is 6.04 Å². The van der Waals surface area contributed by atoms with Gasteiger partial charge in [-0.3, -0.25) is 14.5 Å². The number of unbranched alkanes of at least 4 members (excludes halogenated alkanes) is 1. The molecule has 4 aromatic rings. The zero-order valence-corrected chi connectivity index (χ0v) is 21.5. The number of imidazole rings is 1. The van der Waals surface area contributed by atoms with Crippen LogP contribution >= 0.6 is 0 Å². The summed E-state index contributed by atoms with van der Waals surface area (Å²) in [6, 6.07) is 18.9. The van der Waals surface area contributed by atoms with Crippen LogP contribution in [0.15, 0.2) is 78.0 Å². The fourth-order valence-electron chi connectivity index (χ4n) is 5.97. The smallest absolute Gasteiger partial charge is 0.224 e. The second-order valence-corrected chi connectivity index (χ2v) is 10.3. The molecular formula is C31H34N4O2. The molecule has 37 heavy (non-hydrogen) atoms. The monoisotopic (exact) mass is 494 g/mol. The van der Waals surface area contributed by atoms with Crippen molar-refractivity contribution < 1.29 is 5.11 Å². The van der Waals surface area contributed by atoms with Gasteiger partial charge >= 0.3 is 0 Å². The molecule has 6 nitrogen and oxygen atoms in total. The summed E-state index contributed by atoms with van der Waals surface area (Å²) >= 11 is 0. The van der Waals surface area contributed by atoms with E-state index in [1.807, 2.05) is 17.1 Å². The highest BCUT2D eigenvalue weighted by Gasteiger charge is 2.46. The van der Waals surface area contributed by atoms with Crippen LogP contribution < -0.4 is 10.4 Å². The summed E-state index contributed by atoms with van der Waals surface area (Å²) in [5, 5.41) is 13.5. The minimum Gasteiger partial charge on any atom is -0.503 e. The molecule has 0 amide bonds. The third-order valence-corrected chi connectivity index (χ3v) is 7.93. The fourth-order valence-corrected chi connectivity index (χ4v) is 5.97. The van der Waals surface area contributed by atoms with Crippen molar-refractivity contribution in [3.63, 3.8) is 0 Å². The van der Waals surface area contributed by atoms with Crippen LogP contribution in [0.1, 0.15) is 74.0 Å². The summed E-state index contributed by atoms with van der Waals surface area (Å²) in [5.74, 6) is 0.850. The average Bonchev–Trinajstić information content (AvgIpc) is 3.65. The first-order chi connectivity index (χ1) is 18.1. The summed E-state index contributed by atoms with van der Waals surface area (Å²) in [6.07, 6.45) is 12.1. The number of nitrogens with zero attached hydrogens (tertiary/aromatic N) is 4. The van der Waals surface area contributed by atoms with Crippen LogP contribution in [0.4, 0.5) is 0 Å². The van der Waals surface area contributed by atoms with E-state index < -0.39 is 0 Å². The molecule has 1 N–H and O–H groups in total. The number of aromatic hydroxyl groups is 1. The molecule has 1 fully saturated rings. The molecule has 0 radical (unpaired) electrons. The minimum atomic E-state index is -0.389. The molecule has 1 aliphatic heterocycles. The van der Waals surface area contributed by atoms with Crippen LogP contribution in [-0.2, 0) is 12.8 Å². The van der Waals surface area contributed by atoms with Crippen molar-refractivity contribution in [2.75, 3.05) is 5.01 Å². The molecule has 2 atom stereocenters. The Morgan fingerprint density at radius 2 is 1.68 bits per heavy atom. The fraction of sp³-hybridized carbons (Fsp3) is 0.355. The van der Waals surface area contributed by atoms with Gasteiger partial charge in [0.25, 0.3) is 0 Å². The summed E-state index contributed by atoms with van der Waals surface area (Å²) in [5.41, 5.74) is 5.25. The van der Waals surface area contributed by atoms with E-state index in [9.17, 15) is 9.90 Å². The highest BCUT2D eigenvalue weighted by Crippen LogP contribution is 2.50. The van der Waals surface area contributed by atoms with Gasteiger partial charge in [-0.1, -0.05) is 68.8 Å². The number of fused-ring (bicyclic) bond motifs is 3. The largest absolute Gasteiger partial charge is 0.503 e. The van der Waals surface area contributed by atoms with E-state index in [4.69, 9.17) is 0 Å². The molecule has 0 saturated heterocycles. The van der Waals surface area contributed by atoms with Gasteiger partial charge in [0, 0.05) is 24.7 Å². The molecule has 6 rings (SSSR count). The lowest BCUT2D eigenvalue weighted by molar-refractivity contribution is 0.303.